The van der Waals surface area contributed by atoms with Gasteiger partial charge in [0, 0.05) is 24.9 Å². The molecule has 0 saturated heterocycles. The topological polar surface area (TPSA) is 111 Å². The van der Waals surface area contributed by atoms with Gasteiger partial charge < -0.3 is 4.74 Å². The molecular formula is C21H24N6O3. The van der Waals surface area contributed by atoms with Crippen LogP contribution < -0.4 is 10.6 Å². The fraction of sp³-hybridized carbons (Fsp3) is 0.381. The molecule has 0 aliphatic heterocycles. The zero-order valence-corrected chi connectivity index (χ0v) is 17.0. The number of fused-ring (bicyclic) bond motifs is 1. The second-order valence-corrected chi connectivity index (χ2v) is 7.48. The summed E-state index contributed by atoms with van der Waals surface area (Å²) >= 11 is 0. The summed E-state index contributed by atoms with van der Waals surface area (Å²) in [4.78, 5) is 32.2. The quantitative estimate of drug-likeness (QED) is 0.676. The number of aromatic nitrogens is 4. The molecule has 3 aromatic rings. The molecule has 9 nitrogen and oxygen atoms in total. The van der Waals surface area contributed by atoms with Crippen molar-refractivity contribution >= 4 is 29.3 Å². The lowest BCUT2D eigenvalue weighted by Gasteiger charge is -2.22. The van der Waals surface area contributed by atoms with Crippen molar-refractivity contribution in [2.24, 2.45) is 0 Å². The standard InChI is InChI=1S/C21H24N6O3/c1-13-18(24-21(29)30-17-6-4-3-5-7-17)10-16(12-22-13)15-8-9-27-19(11-15)25-20(26-27)23-14(2)28/h8-12,17H,3-7H2,1-2H3,(H,24,29)(H,23,26,28). The van der Waals surface area contributed by atoms with Gasteiger partial charge in [0.2, 0.25) is 11.9 Å². The fourth-order valence-electron chi connectivity index (χ4n) is 3.56. The number of pyridine rings is 2. The van der Waals surface area contributed by atoms with Crippen LogP contribution in [0.4, 0.5) is 16.4 Å². The van der Waals surface area contributed by atoms with E-state index in [0.717, 1.165) is 36.8 Å². The summed E-state index contributed by atoms with van der Waals surface area (Å²) in [5, 5.41) is 9.59. The maximum atomic E-state index is 12.3. The van der Waals surface area contributed by atoms with Crippen LogP contribution in [0, 0.1) is 6.92 Å². The van der Waals surface area contributed by atoms with E-state index in [1.54, 1.807) is 16.9 Å². The van der Waals surface area contributed by atoms with Crippen molar-refractivity contribution < 1.29 is 14.3 Å². The van der Waals surface area contributed by atoms with Crippen molar-refractivity contribution in [3.8, 4) is 11.1 Å². The Hall–Kier alpha value is -3.49. The number of ether oxygens (including phenoxy) is 1. The van der Waals surface area contributed by atoms with Gasteiger partial charge in [-0.15, -0.1) is 5.10 Å². The number of anilines is 2. The monoisotopic (exact) mass is 408 g/mol. The predicted molar refractivity (Wildman–Crippen MR) is 112 cm³/mol. The molecule has 3 heterocycles. The summed E-state index contributed by atoms with van der Waals surface area (Å²) in [6, 6.07) is 5.58. The molecular weight excluding hydrogens is 384 g/mol. The van der Waals surface area contributed by atoms with Gasteiger partial charge in [0.05, 0.1) is 11.4 Å². The fourth-order valence-corrected chi connectivity index (χ4v) is 3.56. The number of aryl methyl sites for hydroxylation is 1. The van der Waals surface area contributed by atoms with Gasteiger partial charge in [0.25, 0.3) is 0 Å². The molecule has 0 atom stereocenters. The molecule has 1 aliphatic rings. The number of carbonyl (C=O) groups is 2. The second-order valence-electron chi connectivity index (χ2n) is 7.48. The normalized spacial score (nSPS) is 14.5. The van der Waals surface area contributed by atoms with E-state index < -0.39 is 6.09 Å². The van der Waals surface area contributed by atoms with Crippen LogP contribution in [-0.4, -0.2) is 37.7 Å². The van der Waals surface area contributed by atoms with Crippen molar-refractivity contribution in [1.29, 1.82) is 0 Å². The van der Waals surface area contributed by atoms with Crippen molar-refractivity contribution in [3.63, 3.8) is 0 Å². The second kappa shape index (κ2) is 8.48. The molecule has 0 aromatic carbocycles. The van der Waals surface area contributed by atoms with Gasteiger partial charge >= 0.3 is 6.09 Å². The Morgan fingerprint density at radius 1 is 1.13 bits per heavy atom. The van der Waals surface area contributed by atoms with Gasteiger partial charge in [-0.3, -0.25) is 20.4 Å². The minimum atomic E-state index is -0.447. The van der Waals surface area contributed by atoms with Crippen LogP contribution in [0.1, 0.15) is 44.7 Å². The highest BCUT2D eigenvalue weighted by atomic mass is 16.6. The molecule has 0 bridgehead atoms. The summed E-state index contributed by atoms with van der Waals surface area (Å²) in [5.41, 5.74) is 3.58. The molecule has 9 heteroatoms. The van der Waals surface area contributed by atoms with Crippen LogP contribution in [0.2, 0.25) is 0 Å². The molecule has 4 rings (SSSR count). The zero-order valence-electron chi connectivity index (χ0n) is 17.0. The first-order valence-corrected chi connectivity index (χ1v) is 10.1. The smallest absolute Gasteiger partial charge is 0.411 e. The van der Waals surface area contributed by atoms with Gasteiger partial charge in [-0.25, -0.2) is 9.31 Å². The van der Waals surface area contributed by atoms with Crippen molar-refractivity contribution in [2.75, 3.05) is 10.6 Å². The Morgan fingerprint density at radius 2 is 1.93 bits per heavy atom. The molecule has 2 N–H and O–H groups in total. The Kier molecular flexibility index (Phi) is 5.60. The van der Waals surface area contributed by atoms with E-state index in [4.69, 9.17) is 4.74 Å². The third kappa shape index (κ3) is 4.56. The van der Waals surface area contributed by atoms with Crippen LogP contribution in [0.15, 0.2) is 30.6 Å². The third-order valence-corrected chi connectivity index (χ3v) is 5.11. The Labute approximate surface area is 173 Å². The highest BCUT2D eigenvalue weighted by Gasteiger charge is 2.18. The van der Waals surface area contributed by atoms with Crippen LogP contribution >= 0.6 is 0 Å². The highest BCUT2D eigenvalue weighted by Crippen LogP contribution is 2.26. The van der Waals surface area contributed by atoms with E-state index in [1.165, 1.54) is 13.3 Å². The maximum Gasteiger partial charge on any atom is 0.411 e. The molecule has 1 aliphatic carbocycles. The largest absolute Gasteiger partial charge is 0.446 e. The summed E-state index contributed by atoms with van der Waals surface area (Å²) in [7, 11) is 0. The average Bonchev–Trinajstić information content (AvgIpc) is 3.11. The van der Waals surface area contributed by atoms with Crippen LogP contribution in [0.3, 0.4) is 0 Å². The Balaban J connectivity index is 1.53. The first-order valence-electron chi connectivity index (χ1n) is 10.1. The molecule has 0 radical (unpaired) electrons. The number of nitrogens with one attached hydrogen (secondary N) is 2. The van der Waals surface area contributed by atoms with Crippen LogP contribution in [0.25, 0.3) is 16.8 Å². The predicted octanol–water partition coefficient (Wildman–Crippen LogP) is 3.94. The number of amides is 2. The molecule has 0 unspecified atom stereocenters. The zero-order chi connectivity index (χ0) is 21.1. The van der Waals surface area contributed by atoms with Crippen LogP contribution in [0.5, 0.6) is 0 Å². The van der Waals surface area contributed by atoms with E-state index in [1.807, 2.05) is 25.1 Å². The number of hydrogen-bond donors (Lipinski definition) is 2. The number of carbonyl (C=O) groups excluding carboxylic acids is 2. The van der Waals surface area contributed by atoms with Gasteiger partial charge in [-0.1, -0.05) is 6.42 Å². The van der Waals surface area contributed by atoms with E-state index in [9.17, 15) is 9.59 Å². The van der Waals surface area contributed by atoms with Crippen molar-refractivity contribution in [2.45, 2.75) is 52.1 Å². The number of rotatable bonds is 4. The van der Waals surface area contributed by atoms with Gasteiger partial charge in [0.15, 0.2) is 5.65 Å². The molecule has 1 fully saturated rings. The first-order chi connectivity index (χ1) is 14.5. The lowest BCUT2D eigenvalue weighted by molar-refractivity contribution is -0.114. The minimum Gasteiger partial charge on any atom is -0.446 e. The molecule has 1 saturated carbocycles. The van der Waals surface area contributed by atoms with Gasteiger partial charge in [-0.05, 0) is 56.4 Å². The van der Waals surface area contributed by atoms with Gasteiger partial charge in [0.1, 0.15) is 6.10 Å². The minimum absolute atomic E-state index is 0.0108. The average molecular weight is 408 g/mol. The first kappa shape index (κ1) is 19.8. The number of nitrogens with zero attached hydrogens (tertiary/aromatic N) is 4. The highest BCUT2D eigenvalue weighted by molar-refractivity contribution is 5.87. The molecule has 2 amide bonds. The SMILES string of the molecule is CC(=O)Nc1nc2cc(-c3cnc(C)c(NC(=O)OC4CCCCC4)c3)ccn2n1. The molecule has 3 aromatic heterocycles. The van der Waals surface area contributed by atoms with Crippen molar-refractivity contribution in [3.05, 3.63) is 36.3 Å². The van der Waals surface area contributed by atoms with Gasteiger partial charge in [-0.2, -0.15) is 4.98 Å². The summed E-state index contributed by atoms with van der Waals surface area (Å²) in [6.45, 7) is 3.24. The lowest BCUT2D eigenvalue weighted by Crippen LogP contribution is -2.24. The summed E-state index contributed by atoms with van der Waals surface area (Å²) < 4.78 is 7.13. The lowest BCUT2D eigenvalue weighted by atomic mass is 9.98. The number of hydrogen-bond acceptors (Lipinski definition) is 6. The van der Waals surface area contributed by atoms with Crippen LogP contribution in [-0.2, 0) is 9.53 Å². The van der Waals surface area contributed by atoms with Crippen molar-refractivity contribution in [1.82, 2.24) is 19.6 Å². The molecule has 30 heavy (non-hydrogen) atoms. The molecule has 0 spiro atoms. The Bertz CT molecular complexity index is 1090. The van der Waals surface area contributed by atoms with E-state index in [0.29, 0.717) is 17.0 Å². The summed E-state index contributed by atoms with van der Waals surface area (Å²) in [5.74, 6) is 0.0131. The third-order valence-electron chi connectivity index (χ3n) is 5.11. The maximum absolute atomic E-state index is 12.3. The van der Waals surface area contributed by atoms with E-state index >= 15 is 0 Å². The van der Waals surface area contributed by atoms with E-state index in [-0.39, 0.29) is 18.0 Å². The summed E-state index contributed by atoms with van der Waals surface area (Å²) in [6.07, 6.45) is 8.28. The van der Waals surface area contributed by atoms with E-state index in [2.05, 4.69) is 25.7 Å². The Morgan fingerprint density at radius 3 is 2.70 bits per heavy atom. The molecule has 156 valence electrons.